The number of rotatable bonds is 6. The number of hydrogen-bond donors (Lipinski definition) is 0. The van der Waals surface area contributed by atoms with Crippen molar-refractivity contribution < 1.29 is 9.47 Å². The minimum atomic E-state index is 0.592. The fourth-order valence-electron chi connectivity index (χ4n) is 3.19. The lowest BCUT2D eigenvalue weighted by Gasteiger charge is -2.10. The molecule has 0 saturated carbocycles. The second kappa shape index (κ2) is 7.48. The normalized spacial score (nSPS) is 11.2. The van der Waals surface area contributed by atoms with E-state index in [1.165, 1.54) is 22.0 Å². The third-order valence-electron chi connectivity index (χ3n) is 4.53. The molecule has 0 fully saturated rings. The number of benzene rings is 2. The molecule has 0 atom stereocenters. The smallest absolute Gasteiger partial charge is 0.196 e. The van der Waals surface area contributed by atoms with Crippen LogP contribution in [-0.2, 0) is 0 Å². The van der Waals surface area contributed by atoms with Crippen molar-refractivity contribution in [3.63, 3.8) is 0 Å². The average Bonchev–Trinajstić information content (AvgIpc) is 3.08. The molecule has 6 heteroatoms. The summed E-state index contributed by atoms with van der Waals surface area (Å²) in [5.74, 6) is 2.44. The second-order valence-electron chi connectivity index (χ2n) is 6.35. The molecule has 0 aliphatic heterocycles. The highest BCUT2D eigenvalue weighted by Gasteiger charge is 2.13. The minimum absolute atomic E-state index is 0.592. The van der Waals surface area contributed by atoms with Crippen LogP contribution in [0.15, 0.2) is 53.7 Å². The maximum atomic E-state index is 5.81. The number of aryl methyl sites for hydroxylation is 2. The Morgan fingerprint density at radius 2 is 1.74 bits per heavy atom. The topological polar surface area (TPSA) is 48.7 Å². The molecular formula is C21H21N3O2S. The molecule has 0 aliphatic rings. The van der Waals surface area contributed by atoms with Gasteiger partial charge in [-0.25, -0.2) is 0 Å². The Bertz CT molecular complexity index is 1090. The Labute approximate surface area is 162 Å². The van der Waals surface area contributed by atoms with Crippen LogP contribution >= 0.6 is 11.8 Å². The largest absolute Gasteiger partial charge is 0.497 e. The summed E-state index contributed by atoms with van der Waals surface area (Å²) in [6.45, 7) is 4.84. The molecular weight excluding hydrogens is 358 g/mol. The third kappa shape index (κ3) is 3.45. The van der Waals surface area contributed by atoms with Gasteiger partial charge in [0.2, 0.25) is 0 Å². The zero-order chi connectivity index (χ0) is 18.8. The lowest BCUT2D eigenvalue weighted by Crippen LogP contribution is -2.01. The van der Waals surface area contributed by atoms with Gasteiger partial charge in [0.1, 0.15) is 11.5 Å². The van der Waals surface area contributed by atoms with E-state index in [9.17, 15) is 0 Å². The van der Waals surface area contributed by atoms with Gasteiger partial charge in [0.15, 0.2) is 10.8 Å². The maximum Gasteiger partial charge on any atom is 0.196 e. The number of ether oxygens (including phenoxy) is 2. The van der Waals surface area contributed by atoms with E-state index in [1.807, 2.05) is 24.3 Å². The van der Waals surface area contributed by atoms with Crippen LogP contribution in [0.3, 0.4) is 0 Å². The molecule has 0 bridgehead atoms. The molecule has 2 aromatic carbocycles. The molecule has 2 aromatic heterocycles. The summed E-state index contributed by atoms with van der Waals surface area (Å²) in [5, 5.41) is 10.9. The number of pyridine rings is 1. The molecule has 0 aliphatic carbocycles. The number of methoxy groups -OCH3 is 1. The molecule has 4 aromatic rings. The van der Waals surface area contributed by atoms with Crippen LogP contribution in [0.5, 0.6) is 11.5 Å². The minimum Gasteiger partial charge on any atom is -0.497 e. The summed E-state index contributed by atoms with van der Waals surface area (Å²) in [7, 11) is 1.66. The van der Waals surface area contributed by atoms with Crippen molar-refractivity contribution in [2.45, 2.75) is 19.0 Å². The maximum absolute atomic E-state index is 5.81. The highest BCUT2D eigenvalue weighted by molar-refractivity contribution is 7.99. The summed E-state index contributed by atoms with van der Waals surface area (Å²) in [5.41, 5.74) is 4.49. The first-order chi connectivity index (χ1) is 13.2. The Morgan fingerprint density at radius 1 is 0.963 bits per heavy atom. The molecule has 0 saturated heterocycles. The lowest BCUT2D eigenvalue weighted by atomic mass is 10.1. The van der Waals surface area contributed by atoms with Crippen molar-refractivity contribution in [2.75, 3.05) is 19.5 Å². The van der Waals surface area contributed by atoms with E-state index in [4.69, 9.17) is 9.47 Å². The van der Waals surface area contributed by atoms with E-state index >= 15 is 0 Å². The van der Waals surface area contributed by atoms with Crippen LogP contribution in [0.25, 0.3) is 16.6 Å². The molecule has 0 N–H and O–H groups in total. The molecule has 4 rings (SSSR count). The lowest BCUT2D eigenvalue weighted by molar-refractivity contribution is 0.342. The number of aromatic nitrogens is 3. The SMILES string of the molecule is COc1ccc(OCCSc2nnc3cc(C)c4cccc(C)c4n23)cc1. The van der Waals surface area contributed by atoms with Crippen molar-refractivity contribution in [1.29, 1.82) is 0 Å². The van der Waals surface area contributed by atoms with Crippen LogP contribution in [0.1, 0.15) is 11.1 Å². The van der Waals surface area contributed by atoms with Gasteiger partial charge in [-0.15, -0.1) is 10.2 Å². The van der Waals surface area contributed by atoms with Crippen LogP contribution < -0.4 is 9.47 Å². The first-order valence-corrected chi connectivity index (χ1v) is 9.79. The van der Waals surface area contributed by atoms with Gasteiger partial charge >= 0.3 is 0 Å². The Kier molecular flexibility index (Phi) is 4.90. The average molecular weight is 379 g/mol. The Hall–Kier alpha value is -2.73. The van der Waals surface area contributed by atoms with Crippen molar-refractivity contribution in [3.8, 4) is 11.5 Å². The molecule has 27 heavy (non-hydrogen) atoms. The zero-order valence-corrected chi connectivity index (χ0v) is 16.4. The van der Waals surface area contributed by atoms with E-state index in [-0.39, 0.29) is 0 Å². The van der Waals surface area contributed by atoms with Gasteiger partial charge in [-0.3, -0.25) is 4.40 Å². The Balaban J connectivity index is 1.52. The van der Waals surface area contributed by atoms with E-state index in [1.54, 1.807) is 18.9 Å². The molecule has 0 spiro atoms. The van der Waals surface area contributed by atoms with E-state index < -0.39 is 0 Å². The summed E-state index contributed by atoms with van der Waals surface area (Å²) in [6, 6.07) is 16.1. The van der Waals surface area contributed by atoms with Gasteiger partial charge in [0, 0.05) is 11.1 Å². The number of para-hydroxylation sites is 1. The van der Waals surface area contributed by atoms with Crippen LogP contribution in [0.4, 0.5) is 0 Å². The molecule has 2 heterocycles. The van der Waals surface area contributed by atoms with Crippen molar-refractivity contribution in [3.05, 3.63) is 59.7 Å². The third-order valence-corrected chi connectivity index (χ3v) is 5.43. The predicted octanol–water partition coefficient (Wildman–Crippen LogP) is 4.68. The van der Waals surface area contributed by atoms with E-state index in [2.05, 4.69) is 52.7 Å². The fourth-order valence-corrected chi connectivity index (χ4v) is 3.95. The van der Waals surface area contributed by atoms with Crippen molar-refractivity contribution in [1.82, 2.24) is 14.6 Å². The summed E-state index contributed by atoms with van der Waals surface area (Å²) in [6.07, 6.45) is 0. The molecule has 5 nitrogen and oxygen atoms in total. The van der Waals surface area contributed by atoms with Crippen molar-refractivity contribution >= 4 is 28.3 Å². The molecule has 0 radical (unpaired) electrons. The Morgan fingerprint density at radius 3 is 2.52 bits per heavy atom. The standard InChI is InChI=1S/C21H21N3O2S/c1-14-5-4-6-18-15(2)13-19-22-23-21(24(19)20(14)18)27-12-11-26-17-9-7-16(25-3)8-10-17/h4-10,13H,11-12H2,1-3H3. The highest BCUT2D eigenvalue weighted by atomic mass is 32.2. The number of nitrogens with zero attached hydrogens (tertiary/aromatic N) is 3. The van der Waals surface area contributed by atoms with Crippen LogP contribution in [0, 0.1) is 13.8 Å². The summed E-state index contributed by atoms with van der Waals surface area (Å²) in [4.78, 5) is 0. The second-order valence-corrected chi connectivity index (χ2v) is 7.41. The fraction of sp³-hybridized carbons (Fsp3) is 0.238. The first kappa shape index (κ1) is 17.7. The highest BCUT2D eigenvalue weighted by Crippen LogP contribution is 2.28. The predicted molar refractivity (Wildman–Crippen MR) is 109 cm³/mol. The molecule has 0 amide bonds. The summed E-state index contributed by atoms with van der Waals surface area (Å²) < 4.78 is 13.1. The van der Waals surface area contributed by atoms with Gasteiger partial charge < -0.3 is 9.47 Å². The van der Waals surface area contributed by atoms with Gasteiger partial charge in [-0.05, 0) is 55.3 Å². The number of thioether (sulfide) groups is 1. The van der Waals surface area contributed by atoms with Crippen LogP contribution in [-0.4, -0.2) is 34.1 Å². The van der Waals surface area contributed by atoms with E-state index in [0.29, 0.717) is 6.61 Å². The van der Waals surface area contributed by atoms with E-state index in [0.717, 1.165) is 28.1 Å². The van der Waals surface area contributed by atoms with Crippen molar-refractivity contribution in [2.24, 2.45) is 0 Å². The van der Waals surface area contributed by atoms with Gasteiger partial charge in [-0.1, -0.05) is 30.0 Å². The number of hydrogen-bond acceptors (Lipinski definition) is 5. The molecule has 0 unspecified atom stereocenters. The van der Waals surface area contributed by atoms with Gasteiger partial charge in [0.05, 0.1) is 19.2 Å². The zero-order valence-electron chi connectivity index (χ0n) is 15.6. The quantitative estimate of drug-likeness (QED) is 0.360. The van der Waals surface area contributed by atoms with Gasteiger partial charge in [0.25, 0.3) is 0 Å². The monoisotopic (exact) mass is 379 g/mol. The van der Waals surface area contributed by atoms with Crippen LogP contribution in [0.2, 0.25) is 0 Å². The summed E-state index contributed by atoms with van der Waals surface area (Å²) >= 11 is 1.65. The van der Waals surface area contributed by atoms with Gasteiger partial charge in [-0.2, -0.15) is 0 Å². The number of fused-ring (bicyclic) bond motifs is 3. The molecule has 138 valence electrons. The first-order valence-electron chi connectivity index (χ1n) is 8.81.